The number of nitrogens with zero attached hydrogens (tertiary/aromatic N) is 1. The Labute approximate surface area is 169 Å². The van der Waals surface area contributed by atoms with E-state index in [1.807, 2.05) is 0 Å². The van der Waals surface area contributed by atoms with Gasteiger partial charge in [-0.1, -0.05) is 41.4 Å². The molecule has 150 valence electrons. The molecule has 0 aliphatic carbocycles. The molecule has 0 unspecified atom stereocenters. The monoisotopic (exact) mass is 433 g/mol. The van der Waals surface area contributed by atoms with E-state index in [1.165, 1.54) is 30.3 Å². The molecule has 2 aromatic rings. The van der Waals surface area contributed by atoms with E-state index in [2.05, 4.69) is 0 Å². The first-order chi connectivity index (χ1) is 13.1. The molecular formula is C19H16Cl2F3NO3. The van der Waals surface area contributed by atoms with Crippen LogP contribution in [0.5, 0.6) is 0 Å². The Hall–Kier alpha value is -2.25. The maximum Gasteiger partial charge on any atom is 0.416 e. The molecule has 4 nitrogen and oxygen atoms in total. The van der Waals surface area contributed by atoms with E-state index in [-0.39, 0.29) is 29.3 Å². The first-order valence-electron chi connectivity index (χ1n) is 8.19. The molecule has 1 amide bonds. The van der Waals surface area contributed by atoms with Crippen LogP contribution >= 0.6 is 23.2 Å². The Morgan fingerprint density at radius 1 is 1.11 bits per heavy atom. The number of hydrogen-bond acceptors (Lipinski definition) is 3. The van der Waals surface area contributed by atoms with Gasteiger partial charge in [-0.25, -0.2) is 0 Å². The summed E-state index contributed by atoms with van der Waals surface area (Å²) in [6, 6.07) is 8.76. The molecule has 0 aliphatic rings. The summed E-state index contributed by atoms with van der Waals surface area (Å²) in [5.41, 5.74) is -0.505. The second kappa shape index (κ2) is 9.30. The second-order valence-electron chi connectivity index (χ2n) is 5.76. The summed E-state index contributed by atoms with van der Waals surface area (Å²) in [7, 11) is 0. The predicted molar refractivity (Wildman–Crippen MR) is 101 cm³/mol. The van der Waals surface area contributed by atoms with Gasteiger partial charge in [0.05, 0.1) is 29.3 Å². The van der Waals surface area contributed by atoms with E-state index in [9.17, 15) is 22.8 Å². The lowest BCUT2D eigenvalue weighted by molar-refractivity contribution is -0.142. The fourth-order valence-corrected chi connectivity index (χ4v) is 2.98. The fourth-order valence-electron chi connectivity index (χ4n) is 2.47. The maximum absolute atomic E-state index is 12.9. The molecule has 0 atom stereocenters. The number of amides is 1. The van der Waals surface area contributed by atoms with Crippen LogP contribution in [-0.4, -0.2) is 25.0 Å². The van der Waals surface area contributed by atoms with Crippen molar-refractivity contribution in [1.29, 1.82) is 0 Å². The van der Waals surface area contributed by atoms with Crippen LogP contribution < -0.4 is 4.90 Å². The Morgan fingerprint density at radius 2 is 1.82 bits per heavy atom. The number of ether oxygens (including phenoxy) is 1. The number of halogens is 5. The minimum absolute atomic E-state index is 0.114. The summed E-state index contributed by atoms with van der Waals surface area (Å²) in [4.78, 5) is 25.8. The largest absolute Gasteiger partial charge is 0.465 e. The molecule has 0 bridgehead atoms. The normalized spacial score (nSPS) is 11.2. The molecule has 2 rings (SSSR count). The summed E-state index contributed by atoms with van der Waals surface area (Å²) < 4.78 is 43.5. The third-order valence-electron chi connectivity index (χ3n) is 3.70. The van der Waals surface area contributed by atoms with E-state index in [0.717, 1.165) is 17.0 Å². The Morgan fingerprint density at radius 3 is 2.43 bits per heavy atom. The van der Waals surface area contributed by atoms with Gasteiger partial charge in [0.2, 0.25) is 5.91 Å². The topological polar surface area (TPSA) is 46.6 Å². The van der Waals surface area contributed by atoms with Crippen LogP contribution in [0.15, 0.2) is 42.5 Å². The third-order valence-corrected chi connectivity index (χ3v) is 4.24. The maximum atomic E-state index is 12.9. The van der Waals surface area contributed by atoms with E-state index in [4.69, 9.17) is 27.9 Å². The zero-order chi connectivity index (χ0) is 20.9. The first-order valence-corrected chi connectivity index (χ1v) is 8.94. The molecule has 0 aromatic heterocycles. The van der Waals surface area contributed by atoms with Crippen molar-refractivity contribution >= 4 is 40.8 Å². The summed E-state index contributed by atoms with van der Waals surface area (Å²) in [5, 5.41) is 0.448. The van der Waals surface area contributed by atoms with Crippen molar-refractivity contribution < 1.29 is 27.5 Å². The Kier molecular flexibility index (Phi) is 7.32. The van der Waals surface area contributed by atoms with Gasteiger partial charge in [0.15, 0.2) is 0 Å². The van der Waals surface area contributed by atoms with Crippen LogP contribution in [0.4, 0.5) is 18.9 Å². The van der Waals surface area contributed by atoms with Crippen LogP contribution in [0.25, 0.3) is 0 Å². The SMILES string of the molecule is CCOC(=O)CN(C(=O)Cc1cccc(C(F)(F)F)c1)c1ccc(Cl)cc1Cl. The van der Waals surface area contributed by atoms with E-state index in [1.54, 1.807) is 6.92 Å². The van der Waals surface area contributed by atoms with Gasteiger partial charge in [-0.2, -0.15) is 13.2 Å². The molecule has 0 heterocycles. The van der Waals surface area contributed by atoms with Crippen LogP contribution in [0.2, 0.25) is 10.0 Å². The highest BCUT2D eigenvalue weighted by Gasteiger charge is 2.31. The van der Waals surface area contributed by atoms with Crippen molar-refractivity contribution in [2.45, 2.75) is 19.5 Å². The molecule has 0 saturated carbocycles. The zero-order valence-electron chi connectivity index (χ0n) is 14.7. The smallest absolute Gasteiger partial charge is 0.416 e. The zero-order valence-corrected chi connectivity index (χ0v) is 16.2. The van der Waals surface area contributed by atoms with Gasteiger partial charge in [0.1, 0.15) is 6.54 Å². The van der Waals surface area contributed by atoms with Gasteiger partial charge in [-0.3, -0.25) is 14.5 Å². The molecule has 0 N–H and O–H groups in total. The molecule has 0 saturated heterocycles. The second-order valence-corrected chi connectivity index (χ2v) is 6.60. The molecule has 9 heteroatoms. The number of rotatable bonds is 6. The van der Waals surface area contributed by atoms with Gasteiger partial charge in [0.25, 0.3) is 0 Å². The minimum atomic E-state index is -4.52. The molecular weight excluding hydrogens is 418 g/mol. The molecule has 28 heavy (non-hydrogen) atoms. The summed E-state index contributed by atoms with van der Waals surface area (Å²) in [6.45, 7) is 1.29. The predicted octanol–water partition coefficient (Wildman–Crippen LogP) is 5.15. The third kappa shape index (κ3) is 5.87. The van der Waals surface area contributed by atoms with Crippen molar-refractivity contribution in [3.8, 4) is 0 Å². The Bertz CT molecular complexity index is 872. The van der Waals surface area contributed by atoms with Crippen molar-refractivity contribution in [2.75, 3.05) is 18.1 Å². The highest BCUT2D eigenvalue weighted by atomic mass is 35.5. The quantitative estimate of drug-likeness (QED) is 0.591. The fraction of sp³-hybridized carbons (Fsp3) is 0.263. The van der Waals surface area contributed by atoms with Crippen molar-refractivity contribution in [2.24, 2.45) is 0 Å². The van der Waals surface area contributed by atoms with Gasteiger partial charge < -0.3 is 4.74 Å². The number of alkyl halides is 3. The van der Waals surface area contributed by atoms with Crippen LogP contribution in [-0.2, 0) is 26.9 Å². The highest BCUT2D eigenvalue weighted by Crippen LogP contribution is 2.31. The van der Waals surface area contributed by atoms with Crippen molar-refractivity contribution in [1.82, 2.24) is 0 Å². The molecule has 0 radical (unpaired) electrons. The molecule has 0 fully saturated rings. The number of carbonyl (C=O) groups is 2. The van der Waals surface area contributed by atoms with Gasteiger partial charge in [-0.15, -0.1) is 0 Å². The van der Waals surface area contributed by atoms with Crippen molar-refractivity contribution in [3.05, 3.63) is 63.6 Å². The number of anilines is 1. The average Bonchev–Trinajstić information content (AvgIpc) is 2.60. The van der Waals surface area contributed by atoms with Gasteiger partial charge in [-0.05, 0) is 36.8 Å². The molecule has 0 spiro atoms. The number of hydrogen-bond donors (Lipinski definition) is 0. The average molecular weight is 434 g/mol. The summed E-state index contributed by atoms with van der Waals surface area (Å²) >= 11 is 12.0. The minimum Gasteiger partial charge on any atom is -0.465 e. The van der Waals surface area contributed by atoms with Crippen LogP contribution in [0.1, 0.15) is 18.1 Å². The van der Waals surface area contributed by atoms with E-state index in [0.29, 0.717) is 5.02 Å². The van der Waals surface area contributed by atoms with Gasteiger partial charge >= 0.3 is 12.1 Å². The number of esters is 1. The lowest BCUT2D eigenvalue weighted by Crippen LogP contribution is -2.37. The summed E-state index contributed by atoms with van der Waals surface area (Å²) in [6.07, 6.45) is -4.88. The summed E-state index contributed by atoms with van der Waals surface area (Å²) in [5.74, 6) is -1.29. The van der Waals surface area contributed by atoms with Crippen LogP contribution in [0, 0.1) is 0 Å². The molecule has 0 aliphatic heterocycles. The van der Waals surface area contributed by atoms with E-state index < -0.39 is 30.2 Å². The van der Waals surface area contributed by atoms with Crippen molar-refractivity contribution in [3.63, 3.8) is 0 Å². The first kappa shape index (κ1) is 22.0. The molecule has 2 aromatic carbocycles. The lowest BCUT2D eigenvalue weighted by Gasteiger charge is -2.23. The lowest BCUT2D eigenvalue weighted by atomic mass is 10.1. The van der Waals surface area contributed by atoms with E-state index >= 15 is 0 Å². The standard InChI is InChI=1S/C19H16Cl2F3NO3/c1-2-28-18(27)11-25(16-7-6-14(20)10-15(16)21)17(26)9-12-4-3-5-13(8-12)19(22,23)24/h3-8,10H,2,9,11H2,1H3. The van der Waals surface area contributed by atoms with Crippen LogP contribution in [0.3, 0.4) is 0 Å². The number of carbonyl (C=O) groups excluding carboxylic acids is 2. The van der Waals surface area contributed by atoms with Gasteiger partial charge in [0, 0.05) is 5.02 Å². The Balaban J connectivity index is 2.32. The number of benzene rings is 2. The highest BCUT2D eigenvalue weighted by molar-refractivity contribution is 6.36.